The highest BCUT2D eigenvalue weighted by Crippen LogP contribution is 2.45. The second kappa shape index (κ2) is 8.03. The number of hydrogen-bond donors (Lipinski definition) is 0. The number of thiazole rings is 1. The highest BCUT2D eigenvalue weighted by atomic mass is 32.1. The number of hydrogen-bond acceptors (Lipinski definition) is 6. The number of carbonyl (C=O) groups excluding carboxylic acids is 1. The SMILES string of the molecule is COC(=O)C1(F)CN(Cc2ccc(-c3nc4ccc(C5(c6ccccc6)C=C5)nc4s3)c(F)c2)C1. The monoisotopic (exact) mass is 489 g/mol. The largest absolute Gasteiger partial charge is 0.467 e. The Bertz CT molecular complexity index is 1470. The normalized spacial score (nSPS) is 17.8. The van der Waals surface area contributed by atoms with Crippen LogP contribution in [0, 0.1) is 5.82 Å². The van der Waals surface area contributed by atoms with Gasteiger partial charge < -0.3 is 4.74 Å². The van der Waals surface area contributed by atoms with Crippen LogP contribution in [0.3, 0.4) is 0 Å². The molecule has 0 amide bonds. The summed E-state index contributed by atoms with van der Waals surface area (Å²) in [5, 5.41) is 0.559. The molecule has 1 fully saturated rings. The second-order valence-corrected chi connectivity index (χ2v) is 10.0. The molecular formula is C27H21F2N3O2S. The molecule has 1 aliphatic carbocycles. The quantitative estimate of drug-likeness (QED) is 0.280. The summed E-state index contributed by atoms with van der Waals surface area (Å²) in [4.78, 5) is 23.5. The van der Waals surface area contributed by atoms with Gasteiger partial charge in [0.15, 0.2) is 0 Å². The second-order valence-electron chi connectivity index (χ2n) is 9.02. The molecule has 176 valence electrons. The van der Waals surface area contributed by atoms with E-state index in [0.717, 1.165) is 21.6 Å². The van der Waals surface area contributed by atoms with Gasteiger partial charge in [-0.3, -0.25) is 4.90 Å². The summed E-state index contributed by atoms with van der Waals surface area (Å²) in [5.41, 5.74) is 1.65. The van der Waals surface area contributed by atoms with Crippen molar-refractivity contribution in [2.24, 2.45) is 0 Å². The molecule has 0 unspecified atom stereocenters. The minimum Gasteiger partial charge on any atom is -0.467 e. The van der Waals surface area contributed by atoms with Crippen LogP contribution in [0.15, 0.2) is 72.8 Å². The lowest BCUT2D eigenvalue weighted by Gasteiger charge is -2.42. The number of ether oxygens (including phenoxy) is 1. The summed E-state index contributed by atoms with van der Waals surface area (Å²) in [6, 6.07) is 19.0. The van der Waals surface area contributed by atoms with Crippen LogP contribution in [-0.2, 0) is 21.5 Å². The molecule has 6 rings (SSSR count). The first-order chi connectivity index (χ1) is 16.9. The van der Waals surface area contributed by atoms with Crippen molar-refractivity contribution >= 4 is 27.7 Å². The van der Waals surface area contributed by atoms with Crippen molar-refractivity contribution in [1.82, 2.24) is 14.9 Å². The van der Waals surface area contributed by atoms with Gasteiger partial charge in [-0.05, 0) is 35.4 Å². The van der Waals surface area contributed by atoms with Crippen molar-refractivity contribution < 1.29 is 18.3 Å². The van der Waals surface area contributed by atoms with Crippen LogP contribution in [0.2, 0.25) is 0 Å². The highest BCUT2D eigenvalue weighted by molar-refractivity contribution is 7.21. The van der Waals surface area contributed by atoms with E-state index in [1.165, 1.54) is 24.5 Å². The van der Waals surface area contributed by atoms with E-state index in [2.05, 4.69) is 34.0 Å². The summed E-state index contributed by atoms with van der Waals surface area (Å²) < 4.78 is 33.9. The number of halogens is 2. The molecule has 1 aliphatic heterocycles. The lowest BCUT2D eigenvalue weighted by Crippen LogP contribution is -2.63. The van der Waals surface area contributed by atoms with E-state index in [-0.39, 0.29) is 18.5 Å². The molecule has 0 spiro atoms. The fourth-order valence-corrected chi connectivity index (χ4v) is 5.61. The first-order valence-corrected chi connectivity index (χ1v) is 12.0. The maximum Gasteiger partial charge on any atom is 0.346 e. The van der Waals surface area contributed by atoms with Gasteiger partial charge in [-0.25, -0.2) is 23.5 Å². The number of benzene rings is 2. The molecule has 2 aromatic carbocycles. The molecule has 0 atom stereocenters. The van der Waals surface area contributed by atoms with Gasteiger partial charge in [-0.1, -0.05) is 59.9 Å². The van der Waals surface area contributed by atoms with Crippen molar-refractivity contribution in [1.29, 1.82) is 0 Å². The van der Waals surface area contributed by atoms with Crippen LogP contribution >= 0.6 is 11.3 Å². The zero-order chi connectivity index (χ0) is 24.2. The molecule has 0 N–H and O–H groups in total. The number of likely N-dealkylation sites (tertiary alicyclic amines) is 1. The number of nitrogens with zero attached hydrogens (tertiary/aromatic N) is 3. The van der Waals surface area contributed by atoms with Gasteiger partial charge in [0.1, 0.15) is 21.2 Å². The van der Waals surface area contributed by atoms with Crippen LogP contribution in [0.4, 0.5) is 8.78 Å². The van der Waals surface area contributed by atoms with E-state index in [1.54, 1.807) is 17.0 Å². The summed E-state index contributed by atoms with van der Waals surface area (Å²) in [6.45, 7) is 0.224. The number of aromatic nitrogens is 2. The van der Waals surface area contributed by atoms with Crippen molar-refractivity contribution in [3.05, 3.63) is 95.5 Å². The third-order valence-corrected chi connectivity index (χ3v) is 7.60. The fraction of sp³-hybridized carbons (Fsp3) is 0.222. The zero-order valence-electron chi connectivity index (χ0n) is 18.9. The number of alkyl halides is 1. The van der Waals surface area contributed by atoms with Gasteiger partial charge in [0.2, 0.25) is 5.67 Å². The molecule has 4 aromatic rings. The smallest absolute Gasteiger partial charge is 0.346 e. The number of methoxy groups -OCH3 is 1. The Labute approximate surface area is 204 Å². The van der Waals surface area contributed by atoms with Gasteiger partial charge in [-0.2, -0.15) is 0 Å². The maximum atomic E-state index is 15.0. The Balaban J connectivity index is 1.22. The predicted molar refractivity (Wildman–Crippen MR) is 130 cm³/mol. The number of rotatable bonds is 6. The molecule has 3 heterocycles. The topological polar surface area (TPSA) is 55.3 Å². The summed E-state index contributed by atoms with van der Waals surface area (Å²) >= 11 is 1.36. The highest BCUT2D eigenvalue weighted by Gasteiger charge is 2.51. The zero-order valence-corrected chi connectivity index (χ0v) is 19.7. The Morgan fingerprint density at radius 1 is 1.09 bits per heavy atom. The Kier molecular flexibility index (Phi) is 5.05. The Morgan fingerprint density at radius 2 is 1.86 bits per heavy atom. The van der Waals surface area contributed by atoms with Crippen LogP contribution < -0.4 is 0 Å². The Morgan fingerprint density at radius 3 is 2.54 bits per heavy atom. The number of carbonyl (C=O) groups is 1. The first-order valence-electron chi connectivity index (χ1n) is 11.2. The van der Waals surface area contributed by atoms with Crippen molar-refractivity contribution in [3.8, 4) is 10.6 Å². The first kappa shape index (κ1) is 22.0. The fourth-order valence-electron chi connectivity index (χ4n) is 4.65. The molecule has 5 nitrogen and oxygen atoms in total. The van der Waals surface area contributed by atoms with E-state index in [9.17, 15) is 9.18 Å². The van der Waals surface area contributed by atoms with Gasteiger partial charge in [-0.15, -0.1) is 0 Å². The maximum absolute atomic E-state index is 15.0. The molecule has 0 radical (unpaired) electrons. The average molecular weight is 490 g/mol. The van der Waals surface area contributed by atoms with Crippen molar-refractivity contribution in [2.45, 2.75) is 17.6 Å². The minimum atomic E-state index is -1.98. The molecule has 0 bridgehead atoms. The van der Waals surface area contributed by atoms with Gasteiger partial charge in [0.25, 0.3) is 0 Å². The van der Waals surface area contributed by atoms with Crippen molar-refractivity contribution in [2.75, 3.05) is 20.2 Å². The molecule has 35 heavy (non-hydrogen) atoms. The molecule has 2 aliphatic rings. The molecule has 0 saturated carbocycles. The van der Waals surface area contributed by atoms with E-state index >= 15 is 4.39 Å². The number of fused-ring (bicyclic) bond motifs is 1. The predicted octanol–water partition coefficient (Wildman–Crippen LogP) is 5.05. The van der Waals surface area contributed by atoms with Gasteiger partial charge >= 0.3 is 5.97 Å². The molecule has 8 heteroatoms. The average Bonchev–Trinajstić information content (AvgIpc) is 3.56. The van der Waals surface area contributed by atoms with E-state index in [0.29, 0.717) is 22.7 Å². The number of pyridine rings is 1. The molecule has 2 aromatic heterocycles. The van der Waals surface area contributed by atoms with Crippen LogP contribution in [0.25, 0.3) is 20.9 Å². The van der Waals surface area contributed by atoms with Gasteiger partial charge in [0, 0.05) is 25.2 Å². The lowest BCUT2D eigenvalue weighted by molar-refractivity contribution is -0.168. The van der Waals surface area contributed by atoms with Gasteiger partial charge in [0.05, 0.1) is 18.2 Å². The lowest BCUT2D eigenvalue weighted by atomic mass is 9.89. The molecular weight excluding hydrogens is 468 g/mol. The van der Waals surface area contributed by atoms with Crippen LogP contribution in [-0.4, -0.2) is 46.7 Å². The number of esters is 1. The summed E-state index contributed by atoms with van der Waals surface area (Å²) in [6.07, 6.45) is 4.26. The Hall–Kier alpha value is -3.49. The third-order valence-electron chi connectivity index (χ3n) is 6.60. The van der Waals surface area contributed by atoms with E-state index < -0.39 is 17.5 Å². The third kappa shape index (κ3) is 3.73. The molecule has 1 saturated heterocycles. The van der Waals surface area contributed by atoms with E-state index in [1.807, 2.05) is 30.3 Å². The summed E-state index contributed by atoms with van der Waals surface area (Å²) in [5.74, 6) is -1.26. The van der Waals surface area contributed by atoms with Crippen molar-refractivity contribution in [3.63, 3.8) is 0 Å². The number of allylic oxidation sites excluding steroid dienone is 2. The standard InChI is InChI=1S/C27H21F2N3O2S/c1-34-25(33)27(29)15-32(16-27)14-17-7-8-19(20(28)13-17)23-30-21-9-10-22(31-24(21)35-23)26(11-12-26)18-5-3-2-4-6-18/h2-13H,14-16H2,1H3. The van der Waals surface area contributed by atoms with Crippen LogP contribution in [0.1, 0.15) is 16.8 Å². The summed E-state index contributed by atoms with van der Waals surface area (Å²) in [7, 11) is 1.17. The van der Waals surface area contributed by atoms with E-state index in [4.69, 9.17) is 4.98 Å². The van der Waals surface area contributed by atoms with Crippen LogP contribution in [0.5, 0.6) is 0 Å². The minimum absolute atomic E-state index is 0.0613.